The molecule has 19 heavy (non-hydrogen) atoms. The van der Waals surface area contributed by atoms with Crippen LogP contribution >= 0.6 is 0 Å². The van der Waals surface area contributed by atoms with E-state index in [0.29, 0.717) is 19.4 Å². The first kappa shape index (κ1) is 15.9. The lowest BCUT2D eigenvalue weighted by Crippen LogP contribution is -2.50. The van der Waals surface area contributed by atoms with E-state index in [1.165, 1.54) is 4.90 Å². The van der Waals surface area contributed by atoms with Gasteiger partial charge in [-0.1, -0.05) is 0 Å². The van der Waals surface area contributed by atoms with Gasteiger partial charge in [-0.3, -0.25) is 9.59 Å². The van der Waals surface area contributed by atoms with E-state index in [1.54, 1.807) is 13.8 Å². The van der Waals surface area contributed by atoms with Crippen molar-refractivity contribution in [2.24, 2.45) is 11.8 Å². The van der Waals surface area contributed by atoms with Gasteiger partial charge in [0, 0.05) is 18.8 Å². The highest BCUT2D eigenvalue weighted by molar-refractivity contribution is 7.90. The van der Waals surface area contributed by atoms with E-state index in [1.807, 2.05) is 0 Å². The molecule has 0 spiro atoms. The minimum absolute atomic E-state index is 0.100. The number of amides is 1. The van der Waals surface area contributed by atoms with Gasteiger partial charge in [0.15, 0.2) is 0 Å². The van der Waals surface area contributed by atoms with Crippen LogP contribution in [-0.4, -0.2) is 54.9 Å². The molecule has 0 aromatic carbocycles. The number of hydrogen-bond donors (Lipinski definition) is 1. The van der Waals surface area contributed by atoms with Crippen molar-refractivity contribution < 1.29 is 23.1 Å². The Labute approximate surface area is 113 Å². The molecule has 1 aliphatic rings. The van der Waals surface area contributed by atoms with Crippen molar-refractivity contribution in [3.05, 3.63) is 0 Å². The number of rotatable bonds is 6. The van der Waals surface area contributed by atoms with E-state index >= 15 is 0 Å². The molecule has 0 heterocycles. The van der Waals surface area contributed by atoms with Crippen molar-refractivity contribution in [3.63, 3.8) is 0 Å². The normalized spacial score (nSPS) is 24.4. The zero-order chi connectivity index (χ0) is 14.8. The third-order valence-electron chi connectivity index (χ3n) is 3.61. The maximum Gasteiger partial charge on any atom is 0.307 e. The van der Waals surface area contributed by atoms with Crippen LogP contribution in [0.25, 0.3) is 0 Å². The number of sulfone groups is 1. The Kier molecular flexibility index (Phi) is 4.95. The lowest BCUT2D eigenvalue weighted by atomic mass is 9.72. The lowest BCUT2D eigenvalue weighted by Gasteiger charge is -2.38. The van der Waals surface area contributed by atoms with Gasteiger partial charge in [-0.25, -0.2) is 8.42 Å². The molecule has 1 rings (SSSR count). The van der Waals surface area contributed by atoms with E-state index in [2.05, 4.69) is 0 Å². The monoisotopic (exact) mass is 291 g/mol. The van der Waals surface area contributed by atoms with Gasteiger partial charge < -0.3 is 10.0 Å². The van der Waals surface area contributed by atoms with Gasteiger partial charge in [-0.2, -0.15) is 0 Å². The summed E-state index contributed by atoms with van der Waals surface area (Å²) >= 11 is 0. The van der Waals surface area contributed by atoms with Crippen LogP contribution in [0.2, 0.25) is 0 Å². The van der Waals surface area contributed by atoms with Crippen LogP contribution in [0.5, 0.6) is 0 Å². The van der Waals surface area contributed by atoms with Gasteiger partial charge in [0.05, 0.1) is 17.6 Å². The van der Waals surface area contributed by atoms with E-state index in [9.17, 15) is 18.0 Å². The maximum absolute atomic E-state index is 12.3. The summed E-state index contributed by atoms with van der Waals surface area (Å²) in [4.78, 5) is 24.7. The third kappa shape index (κ3) is 3.92. The first-order valence-corrected chi connectivity index (χ1v) is 8.44. The summed E-state index contributed by atoms with van der Waals surface area (Å²) in [6.45, 7) is 3.83. The molecule has 7 heteroatoms. The van der Waals surface area contributed by atoms with Crippen LogP contribution in [0.1, 0.15) is 26.7 Å². The van der Waals surface area contributed by atoms with E-state index < -0.39 is 33.7 Å². The molecule has 0 radical (unpaired) electrons. The van der Waals surface area contributed by atoms with Crippen molar-refractivity contribution in [3.8, 4) is 0 Å². The number of nitrogens with zero attached hydrogens (tertiary/aromatic N) is 1. The van der Waals surface area contributed by atoms with Gasteiger partial charge in [-0.05, 0) is 26.7 Å². The van der Waals surface area contributed by atoms with Crippen molar-refractivity contribution in [2.45, 2.75) is 32.7 Å². The Balaban J connectivity index is 2.74. The molecule has 0 aromatic rings. The minimum atomic E-state index is -3.17. The summed E-state index contributed by atoms with van der Waals surface area (Å²) in [5.74, 6) is -2.41. The molecule has 0 saturated heterocycles. The predicted octanol–water partition coefficient (Wildman–Crippen LogP) is 0.379. The molecule has 1 amide bonds. The first-order chi connectivity index (χ1) is 8.67. The zero-order valence-electron chi connectivity index (χ0n) is 11.5. The van der Waals surface area contributed by atoms with Gasteiger partial charge in [0.2, 0.25) is 5.91 Å². The summed E-state index contributed by atoms with van der Waals surface area (Å²) in [5.41, 5.74) is 0. The van der Waals surface area contributed by atoms with Crippen molar-refractivity contribution >= 4 is 21.7 Å². The minimum Gasteiger partial charge on any atom is -0.481 e. The fourth-order valence-electron chi connectivity index (χ4n) is 2.52. The number of aliphatic carboxylic acids is 1. The van der Waals surface area contributed by atoms with E-state index in [0.717, 1.165) is 6.26 Å². The quantitative estimate of drug-likeness (QED) is 0.764. The highest BCUT2D eigenvalue weighted by Crippen LogP contribution is 2.36. The molecular weight excluding hydrogens is 270 g/mol. The molecule has 0 bridgehead atoms. The smallest absolute Gasteiger partial charge is 0.307 e. The molecule has 6 nitrogen and oxygen atoms in total. The molecular formula is C12H21NO5S. The van der Waals surface area contributed by atoms with Gasteiger partial charge in [-0.15, -0.1) is 0 Å². The number of carbonyl (C=O) groups is 2. The lowest BCUT2D eigenvalue weighted by molar-refractivity contribution is -0.157. The number of carboxylic acid groups (broad SMARTS) is 1. The highest BCUT2D eigenvalue weighted by Gasteiger charge is 2.43. The fourth-order valence-corrected chi connectivity index (χ4v) is 3.57. The summed E-state index contributed by atoms with van der Waals surface area (Å²) in [6.07, 6.45) is 2.22. The van der Waals surface area contributed by atoms with Crippen molar-refractivity contribution in [2.75, 3.05) is 18.6 Å². The number of carboxylic acids is 1. The van der Waals surface area contributed by atoms with Crippen LogP contribution in [0, 0.1) is 11.8 Å². The van der Waals surface area contributed by atoms with Crippen LogP contribution in [0.3, 0.4) is 0 Å². The highest BCUT2D eigenvalue weighted by atomic mass is 32.2. The summed E-state index contributed by atoms with van der Waals surface area (Å²) in [6, 6.07) is -0.428. The SMILES string of the molecule is CCN(C(=O)C1CCC1C(=O)O)C(C)CS(C)(=O)=O. The number of hydrogen-bond acceptors (Lipinski definition) is 4. The Morgan fingerprint density at radius 3 is 2.16 bits per heavy atom. The maximum atomic E-state index is 12.3. The topological polar surface area (TPSA) is 91.8 Å². The molecule has 1 N–H and O–H groups in total. The molecule has 110 valence electrons. The second kappa shape index (κ2) is 5.90. The van der Waals surface area contributed by atoms with Crippen LogP contribution in [0.15, 0.2) is 0 Å². The van der Waals surface area contributed by atoms with Crippen LogP contribution in [0.4, 0.5) is 0 Å². The second-order valence-corrected chi connectivity index (χ2v) is 7.38. The average molecular weight is 291 g/mol. The molecule has 3 atom stereocenters. The molecule has 1 fully saturated rings. The van der Waals surface area contributed by atoms with Gasteiger partial charge in [0.25, 0.3) is 0 Å². The van der Waals surface area contributed by atoms with Gasteiger partial charge in [0.1, 0.15) is 9.84 Å². The van der Waals surface area contributed by atoms with Crippen LogP contribution in [-0.2, 0) is 19.4 Å². The van der Waals surface area contributed by atoms with E-state index in [4.69, 9.17) is 5.11 Å². The van der Waals surface area contributed by atoms with Gasteiger partial charge >= 0.3 is 5.97 Å². The molecule has 1 saturated carbocycles. The zero-order valence-corrected chi connectivity index (χ0v) is 12.3. The molecule has 1 aliphatic carbocycles. The Morgan fingerprint density at radius 1 is 1.32 bits per heavy atom. The molecule has 0 aromatic heterocycles. The summed E-state index contributed by atoms with van der Waals surface area (Å²) in [7, 11) is -3.17. The fraction of sp³-hybridized carbons (Fsp3) is 0.833. The Morgan fingerprint density at radius 2 is 1.84 bits per heavy atom. The largest absolute Gasteiger partial charge is 0.481 e. The van der Waals surface area contributed by atoms with E-state index in [-0.39, 0.29) is 11.7 Å². The van der Waals surface area contributed by atoms with Crippen molar-refractivity contribution in [1.29, 1.82) is 0 Å². The molecule has 3 unspecified atom stereocenters. The Hall–Kier alpha value is -1.11. The first-order valence-electron chi connectivity index (χ1n) is 6.38. The number of carbonyl (C=O) groups excluding carboxylic acids is 1. The van der Waals surface area contributed by atoms with Crippen LogP contribution < -0.4 is 0 Å². The third-order valence-corrected chi connectivity index (χ3v) is 4.70. The molecule has 0 aliphatic heterocycles. The average Bonchev–Trinajstić information content (AvgIpc) is 2.12. The predicted molar refractivity (Wildman–Crippen MR) is 70.4 cm³/mol. The van der Waals surface area contributed by atoms with Crippen molar-refractivity contribution in [1.82, 2.24) is 4.90 Å². The standard InChI is InChI=1S/C12H21NO5S/c1-4-13(8(2)7-19(3,17)18)11(14)9-5-6-10(9)12(15)16/h8-10H,4-7H2,1-3H3,(H,15,16). The summed E-state index contributed by atoms with van der Waals surface area (Å²) in [5, 5.41) is 8.97. The summed E-state index contributed by atoms with van der Waals surface area (Å²) < 4.78 is 22.6. The Bertz CT molecular complexity index is 459. The second-order valence-electron chi connectivity index (χ2n) is 5.19.